The van der Waals surface area contributed by atoms with Gasteiger partial charge in [-0.3, -0.25) is 19.0 Å². The summed E-state index contributed by atoms with van der Waals surface area (Å²) in [5.41, 5.74) is 4.97. The van der Waals surface area contributed by atoms with Crippen molar-refractivity contribution >= 4 is 108 Å². The van der Waals surface area contributed by atoms with Gasteiger partial charge in [0.2, 0.25) is 20.0 Å². The summed E-state index contributed by atoms with van der Waals surface area (Å²) >= 11 is 18.4. The number of hydrogen-bond donors (Lipinski definition) is 7. The van der Waals surface area contributed by atoms with Gasteiger partial charge in [0.05, 0.1) is 82.9 Å². The minimum absolute atomic E-state index is 0. The van der Waals surface area contributed by atoms with E-state index >= 15 is 0 Å². The fraction of sp³-hybridized carbons (Fsp3) is 0.469. The number of aliphatic hydroxyl groups excluding tert-OH is 4. The molecule has 0 saturated carbocycles. The van der Waals surface area contributed by atoms with Gasteiger partial charge in [0.1, 0.15) is 11.0 Å². The molecule has 420 valence electrons. The summed E-state index contributed by atoms with van der Waals surface area (Å²) in [6.45, 7) is 6.40. The molecule has 22 nitrogen and oxygen atoms in total. The Morgan fingerprint density at radius 2 is 1.06 bits per heavy atom. The first-order valence-corrected chi connectivity index (χ1v) is 29.1. The maximum absolute atomic E-state index is 13.7. The van der Waals surface area contributed by atoms with E-state index in [1.807, 2.05) is 37.1 Å². The van der Waals surface area contributed by atoms with Gasteiger partial charge in [0.15, 0.2) is 11.3 Å². The van der Waals surface area contributed by atoms with E-state index in [-0.39, 0.29) is 66.2 Å². The average molecular weight is 1190 g/mol. The van der Waals surface area contributed by atoms with Crippen molar-refractivity contribution in [1.29, 1.82) is 0 Å². The number of anilines is 3. The summed E-state index contributed by atoms with van der Waals surface area (Å²) in [7, 11) is -7.17. The van der Waals surface area contributed by atoms with Crippen LogP contribution in [0, 0.1) is 13.8 Å². The van der Waals surface area contributed by atoms with E-state index in [4.69, 9.17) is 55.1 Å². The summed E-state index contributed by atoms with van der Waals surface area (Å²) in [6.07, 6.45) is 7.92. The molecule has 4 fully saturated rings. The first kappa shape index (κ1) is 61.1. The third-order valence-corrected chi connectivity index (χ3v) is 15.2. The number of fused-ring (bicyclic) bond motifs is 2. The van der Waals surface area contributed by atoms with Crippen molar-refractivity contribution in [3.63, 3.8) is 0 Å². The molecule has 0 bridgehead atoms. The van der Waals surface area contributed by atoms with Crippen molar-refractivity contribution in [3.8, 4) is 0 Å². The zero-order valence-corrected chi connectivity index (χ0v) is 46.6. The lowest BCUT2D eigenvalue weighted by Gasteiger charge is -2.35. The van der Waals surface area contributed by atoms with Gasteiger partial charge in [-0.1, -0.05) is 42.2 Å². The highest BCUT2D eigenvalue weighted by Crippen LogP contribution is 2.36. The number of aromatic nitrogens is 6. The van der Waals surface area contributed by atoms with E-state index in [1.165, 1.54) is 30.3 Å². The Bertz CT molecular complexity index is 3280. The molecule has 10 rings (SSSR count). The second-order valence-corrected chi connectivity index (χ2v) is 23.9. The molecule has 4 aromatic heterocycles. The number of benzene rings is 2. The molecule has 2 aromatic carbocycles. The fourth-order valence-electron chi connectivity index (χ4n) is 9.50. The average Bonchev–Trinajstić information content (AvgIpc) is 4.15. The van der Waals surface area contributed by atoms with Crippen LogP contribution in [0.2, 0.25) is 15.2 Å². The molecule has 0 spiro atoms. The summed E-state index contributed by atoms with van der Waals surface area (Å²) in [4.78, 5) is 41.6. The topological polar surface area (TPSA) is 290 Å². The van der Waals surface area contributed by atoms with E-state index in [0.29, 0.717) is 89.4 Å². The highest BCUT2D eigenvalue weighted by atomic mass is 35.5. The Morgan fingerprint density at radius 1 is 0.636 bits per heavy atom. The number of aryl methyl sites for hydroxylation is 2. The summed E-state index contributed by atoms with van der Waals surface area (Å²) in [5, 5.41) is 50.5. The van der Waals surface area contributed by atoms with Crippen LogP contribution >= 0.6 is 47.2 Å². The number of piperidine rings is 2. The number of hydrogen-bond acceptors (Lipinski definition) is 16. The van der Waals surface area contributed by atoms with Crippen LogP contribution in [0.4, 0.5) is 17.2 Å². The number of sulfonamides is 2. The van der Waals surface area contributed by atoms with Crippen molar-refractivity contribution in [1.82, 2.24) is 44.3 Å². The fourth-order valence-corrected chi connectivity index (χ4v) is 11.1. The molecule has 6 aromatic rings. The number of nitrogens with one attached hydrogen (secondary N) is 3. The quantitative estimate of drug-likeness (QED) is 0.0889. The lowest BCUT2D eigenvalue weighted by Crippen LogP contribution is -2.39. The second-order valence-electron chi connectivity index (χ2n) is 19.2. The number of β-amino-alcohol motifs (C(OH)–C–C–N with tert-alkyl or cyclic N) is 4. The van der Waals surface area contributed by atoms with Crippen LogP contribution in [0.25, 0.3) is 11.3 Å². The van der Waals surface area contributed by atoms with Gasteiger partial charge in [-0.2, -0.15) is 10.2 Å². The normalized spacial score (nSPS) is 21.6. The van der Waals surface area contributed by atoms with Gasteiger partial charge in [-0.25, -0.2) is 35.8 Å². The molecule has 0 aliphatic carbocycles. The van der Waals surface area contributed by atoms with Gasteiger partial charge in [-0.05, 0) is 88.8 Å². The van der Waals surface area contributed by atoms with Crippen LogP contribution in [0.15, 0.2) is 60.9 Å². The van der Waals surface area contributed by atoms with Gasteiger partial charge < -0.3 is 40.4 Å². The Kier molecular flexibility index (Phi) is 20.1. The van der Waals surface area contributed by atoms with Crippen LogP contribution in [0.5, 0.6) is 0 Å². The van der Waals surface area contributed by atoms with E-state index < -0.39 is 44.5 Å². The third-order valence-electron chi connectivity index (χ3n) is 13.1. The standard InChI is InChI=1S/C24H29ClN6O5S.C20H21Cl2N5O3S.C4H9NO2.CH4.ClH/c1-14-11-31-22(26-23(14)29-12-20(32)21(33)13-29)10-18(27-31)19-5-3-4-8-30(19)24(34)16-9-15(25)6-7-17(16)28-37(2,35)36;1-12-11-27-18(23-19(12)22)10-16(24-27)17-5-3-4-8-26(17)20(28)14-9-13(21)6-7-15(14)25-31(2,29)30;6-3-1-5-2-4(3)7;;/h6-7,9-11,19-21,28,32-33H,3-5,8,12-13H2,1-2H3;6-7,9-11,17,25H,3-5,8H2,1-2H3;3-7H,1-2H2;1H4;1H/t19-,20-,21-;17-;3-,4-;;/m000../s1. The van der Waals surface area contributed by atoms with Gasteiger partial charge in [-0.15, -0.1) is 12.4 Å². The van der Waals surface area contributed by atoms with E-state index in [0.717, 1.165) is 55.7 Å². The lowest BCUT2D eigenvalue weighted by molar-refractivity contribution is 0.0572. The minimum Gasteiger partial charge on any atom is -0.389 e. The molecular formula is C49H64Cl4N12O10S2. The van der Waals surface area contributed by atoms with Crippen LogP contribution in [0.1, 0.15) is 101 Å². The van der Waals surface area contributed by atoms with Crippen molar-refractivity contribution in [2.24, 2.45) is 0 Å². The van der Waals surface area contributed by atoms with E-state index in [1.54, 1.807) is 31.1 Å². The molecule has 0 unspecified atom stereocenters. The van der Waals surface area contributed by atoms with Gasteiger partial charge in [0.25, 0.3) is 11.8 Å². The molecule has 77 heavy (non-hydrogen) atoms. The SMILES string of the molecule is C.Cc1cn2nc([C@@H]3CCCCN3C(=O)c3cc(Cl)ccc3NS(C)(=O)=O)cc2nc1Cl.Cc1cn2nc([C@@H]3CCCCN3C(=O)c3cc(Cl)ccc3NS(C)(=O)=O)cc2nc1N1C[C@H](O)[C@@H](O)C1.Cl.O[C@H]1CNC[C@@H]1O. The third kappa shape index (κ3) is 14.8. The molecule has 7 N–H and O–H groups in total. The van der Waals surface area contributed by atoms with Crippen molar-refractivity contribution in [3.05, 3.63) is 110 Å². The first-order valence-electron chi connectivity index (χ1n) is 24.2. The minimum atomic E-state index is -3.61. The zero-order valence-electron chi connectivity index (χ0n) is 41.8. The smallest absolute Gasteiger partial charge is 0.256 e. The van der Waals surface area contributed by atoms with Crippen LogP contribution in [-0.4, -0.2) is 164 Å². The maximum atomic E-state index is 13.7. The number of likely N-dealkylation sites (tertiary alicyclic amines) is 2. The molecule has 4 aliphatic heterocycles. The second kappa shape index (κ2) is 25.3. The molecule has 28 heteroatoms. The Morgan fingerprint density at radius 3 is 1.48 bits per heavy atom. The number of nitrogens with zero attached hydrogens (tertiary/aromatic N) is 9. The Labute approximate surface area is 468 Å². The highest BCUT2D eigenvalue weighted by Gasteiger charge is 2.35. The van der Waals surface area contributed by atoms with E-state index in [2.05, 4.69) is 24.8 Å². The summed E-state index contributed by atoms with van der Waals surface area (Å²) < 4.78 is 55.5. The van der Waals surface area contributed by atoms with Crippen LogP contribution < -0.4 is 19.7 Å². The van der Waals surface area contributed by atoms with Crippen molar-refractivity contribution < 1.29 is 46.9 Å². The maximum Gasteiger partial charge on any atom is 0.256 e. The monoisotopic (exact) mass is 1180 g/mol. The molecular weight excluding hydrogens is 1120 g/mol. The summed E-state index contributed by atoms with van der Waals surface area (Å²) in [6, 6.07) is 12.1. The number of rotatable bonds is 9. The van der Waals surface area contributed by atoms with E-state index in [9.17, 15) is 36.6 Å². The number of amides is 2. The molecule has 4 aliphatic rings. The number of carbonyl (C=O) groups excluding carboxylic acids is 2. The molecule has 8 heterocycles. The molecule has 0 radical (unpaired) electrons. The predicted octanol–water partition coefficient (Wildman–Crippen LogP) is 5.42. The largest absolute Gasteiger partial charge is 0.389 e. The van der Waals surface area contributed by atoms with Crippen LogP contribution in [-0.2, 0) is 20.0 Å². The van der Waals surface area contributed by atoms with Crippen molar-refractivity contribution in [2.45, 2.75) is 96.3 Å². The van der Waals surface area contributed by atoms with Gasteiger partial charge >= 0.3 is 0 Å². The van der Waals surface area contributed by atoms with Crippen molar-refractivity contribution in [2.75, 3.05) is 66.1 Å². The Hall–Kier alpha value is -5.12. The highest BCUT2D eigenvalue weighted by molar-refractivity contribution is 7.92. The predicted molar refractivity (Wildman–Crippen MR) is 299 cm³/mol. The summed E-state index contributed by atoms with van der Waals surface area (Å²) in [5.74, 6) is 0.0272. The molecule has 6 atom stereocenters. The number of aliphatic hydroxyl groups is 4. The number of halogens is 4. The van der Waals surface area contributed by atoms with Crippen LogP contribution in [0.3, 0.4) is 0 Å². The zero-order chi connectivity index (χ0) is 54.1. The first-order chi connectivity index (χ1) is 35.4. The molecule has 4 saturated heterocycles. The Balaban J connectivity index is 0.000000218. The molecule has 2 amide bonds. The number of carbonyl (C=O) groups is 2. The van der Waals surface area contributed by atoms with Gasteiger partial charge in [0, 0.05) is 85.0 Å². The lowest BCUT2D eigenvalue weighted by atomic mass is 9.98.